The molecule has 1 aliphatic heterocycles. The van der Waals surface area contributed by atoms with Crippen molar-refractivity contribution >= 4 is 20.3 Å². The highest BCUT2D eigenvalue weighted by atomic mass is 31.2. The Balaban J connectivity index is 1.75. The van der Waals surface area contributed by atoms with Crippen molar-refractivity contribution in [2.24, 2.45) is 0 Å². The van der Waals surface area contributed by atoms with Crippen LogP contribution in [-0.4, -0.2) is 64.2 Å². The fourth-order valence-electron chi connectivity index (χ4n) is 4.54. The number of nitriles is 1. The predicted octanol–water partition coefficient (Wildman–Crippen LogP) is 4.79. The van der Waals surface area contributed by atoms with Gasteiger partial charge in [-0.2, -0.15) is 10.2 Å². The topological polar surface area (TPSA) is 128 Å². The molecule has 2 aromatic rings. The number of aromatic nitrogens is 2. The first-order valence-electron chi connectivity index (χ1n) is 13.6. The minimum atomic E-state index is -1.42. The average molecular weight is 574 g/mol. The molecule has 4 atom stereocenters. The van der Waals surface area contributed by atoms with Crippen molar-refractivity contribution in [3.63, 3.8) is 0 Å². The lowest BCUT2D eigenvalue weighted by Crippen LogP contribution is -2.34. The molecule has 40 heavy (non-hydrogen) atoms. The van der Waals surface area contributed by atoms with E-state index in [4.69, 9.17) is 23.8 Å². The number of nitrogens with zero attached hydrogens (tertiary/aromatic N) is 4. The fourth-order valence-corrected chi connectivity index (χ4v) is 6.17. The zero-order valence-corrected chi connectivity index (χ0v) is 25.0. The van der Waals surface area contributed by atoms with Crippen molar-refractivity contribution in [1.82, 2.24) is 14.2 Å². The van der Waals surface area contributed by atoms with Crippen molar-refractivity contribution in [1.29, 1.82) is 5.26 Å². The Labute approximate surface area is 237 Å². The summed E-state index contributed by atoms with van der Waals surface area (Å²) in [6, 6.07) is 11.2. The van der Waals surface area contributed by atoms with E-state index in [0.717, 1.165) is 0 Å². The molecule has 1 aromatic heterocycles. The highest BCUT2D eigenvalue weighted by Gasteiger charge is 2.39. The molecule has 218 valence electrons. The Hall–Kier alpha value is -2.71. The molecular weight excluding hydrogens is 533 g/mol. The van der Waals surface area contributed by atoms with Crippen LogP contribution in [0.3, 0.4) is 0 Å². The molecule has 12 heteroatoms. The first-order chi connectivity index (χ1) is 19.2. The van der Waals surface area contributed by atoms with Gasteiger partial charge in [-0.1, -0.05) is 18.2 Å². The molecule has 1 fully saturated rings. The number of rotatable bonds is 14. The molecule has 1 aromatic carbocycles. The molecule has 1 amide bonds. The zero-order valence-electron chi connectivity index (χ0n) is 24.1. The first kappa shape index (κ1) is 31.8. The third kappa shape index (κ3) is 8.40. The SMILES string of the molecule is CCO[C@@H]1C[C@@H](COP(OCCC#N)N(C(C)C)C(C)C)O[C@H]1n1cc(C)c(NC(=O)c2ccccc2)nc1=O. The van der Waals surface area contributed by atoms with E-state index in [1.54, 1.807) is 37.4 Å². The third-order valence-corrected chi connectivity index (χ3v) is 8.31. The number of ether oxygens (including phenoxy) is 2. The monoisotopic (exact) mass is 573 g/mol. The molecule has 3 rings (SSSR count). The van der Waals surface area contributed by atoms with Gasteiger partial charge in [0.15, 0.2) is 6.23 Å². The summed E-state index contributed by atoms with van der Waals surface area (Å²) in [6.07, 6.45) is 0.978. The van der Waals surface area contributed by atoms with Crippen molar-refractivity contribution in [3.8, 4) is 6.07 Å². The van der Waals surface area contributed by atoms with Gasteiger partial charge >= 0.3 is 5.69 Å². The van der Waals surface area contributed by atoms with Crippen LogP contribution in [0.15, 0.2) is 41.3 Å². The number of carbonyl (C=O) groups is 1. The van der Waals surface area contributed by atoms with E-state index in [-0.39, 0.29) is 55.7 Å². The second-order valence-electron chi connectivity index (χ2n) is 10.0. The summed E-state index contributed by atoms with van der Waals surface area (Å²) in [5.74, 6) is -0.149. The van der Waals surface area contributed by atoms with E-state index >= 15 is 0 Å². The quantitative estimate of drug-likeness (QED) is 0.251. The molecule has 1 N–H and O–H groups in total. The van der Waals surface area contributed by atoms with E-state index in [9.17, 15) is 9.59 Å². The van der Waals surface area contributed by atoms with Gasteiger partial charge in [-0.05, 0) is 53.7 Å². The minimum Gasteiger partial charge on any atom is -0.374 e. The summed E-state index contributed by atoms with van der Waals surface area (Å²) in [7, 11) is -1.42. The lowest BCUT2D eigenvalue weighted by molar-refractivity contribution is -0.0695. The summed E-state index contributed by atoms with van der Waals surface area (Å²) < 4.78 is 28.0. The van der Waals surface area contributed by atoms with E-state index in [0.29, 0.717) is 24.2 Å². The Morgan fingerprint density at radius 3 is 2.58 bits per heavy atom. The van der Waals surface area contributed by atoms with Crippen LogP contribution in [0.25, 0.3) is 0 Å². The van der Waals surface area contributed by atoms with Crippen LogP contribution >= 0.6 is 8.53 Å². The van der Waals surface area contributed by atoms with E-state index in [1.165, 1.54) is 4.57 Å². The number of carbonyl (C=O) groups excluding carboxylic acids is 1. The number of anilines is 1. The summed E-state index contributed by atoms with van der Waals surface area (Å²) in [6.45, 7) is 12.9. The largest absolute Gasteiger partial charge is 0.374 e. The number of hydrogen-bond donors (Lipinski definition) is 1. The maximum atomic E-state index is 13.1. The van der Waals surface area contributed by atoms with Gasteiger partial charge < -0.3 is 23.8 Å². The Morgan fingerprint density at radius 1 is 1.25 bits per heavy atom. The van der Waals surface area contributed by atoms with Gasteiger partial charge in [0.1, 0.15) is 11.9 Å². The van der Waals surface area contributed by atoms with Gasteiger partial charge in [-0.3, -0.25) is 9.36 Å². The summed E-state index contributed by atoms with van der Waals surface area (Å²) in [5.41, 5.74) is 0.524. The number of benzene rings is 1. The van der Waals surface area contributed by atoms with Crippen LogP contribution in [-0.2, 0) is 18.5 Å². The van der Waals surface area contributed by atoms with Crippen molar-refractivity contribution in [2.45, 2.75) is 84.9 Å². The minimum absolute atomic E-state index is 0.176. The van der Waals surface area contributed by atoms with Gasteiger partial charge in [0.2, 0.25) is 0 Å². The number of hydrogen-bond acceptors (Lipinski definition) is 9. The molecule has 0 saturated carbocycles. The van der Waals surface area contributed by atoms with E-state index in [1.807, 2.05) is 13.0 Å². The van der Waals surface area contributed by atoms with E-state index < -0.39 is 20.4 Å². The molecule has 1 aliphatic rings. The van der Waals surface area contributed by atoms with Crippen LogP contribution in [0.2, 0.25) is 0 Å². The van der Waals surface area contributed by atoms with Crippen molar-refractivity contribution < 1.29 is 23.3 Å². The van der Waals surface area contributed by atoms with Gasteiger partial charge in [-0.15, -0.1) is 0 Å². The molecule has 0 radical (unpaired) electrons. The fraction of sp³-hybridized carbons (Fsp3) is 0.571. The lowest BCUT2D eigenvalue weighted by atomic mass is 10.2. The second kappa shape index (κ2) is 15.3. The summed E-state index contributed by atoms with van der Waals surface area (Å²) in [5, 5.41) is 11.7. The Bertz CT molecular complexity index is 1190. The van der Waals surface area contributed by atoms with Gasteiger partial charge in [-0.25, -0.2) is 9.46 Å². The predicted molar refractivity (Wildman–Crippen MR) is 153 cm³/mol. The maximum Gasteiger partial charge on any atom is 0.351 e. The highest BCUT2D eigenvalue weighted by Crippen LogP contribution is 2.47. The maximum absolute atomic E-state index is 13.1. The zero-order chi connectivity index (χ0) is 29.2. The van der Waals surface area contributed by atoms with Crippen LogP contribution in [0.5, 0.6) is 0 Å². The smallest absolute Gasteiger partial charge is 0.351 e. The van der Waals surface area contributed by atoms with Crippen LogP contribution in [0, 0.1) is 18.3 Å². The number of amides is 1. The van der Waals surface area contributed by atoms with Crippen LogP contribution < -0.4 is 11.0 Å². The Kier molecular flexibility index (Phi) is 12.2. The molecule has 0 aliphatic carbocycles. The third-order valence-electron chi connectivity index (χ3n) is 6.24. The number of nitrogens with one attached hydrogen (secondary N) is 1. The van der Waals surface area contributed by atoms with E-state index in [2.05, 4.69) is 48.7 Å². The lowest BCUT2D eigenvalue weighted by Gasteiger charge is -2.35. The van der Waals surface area contributed by atoms with Crippen LogP contribution in [0.1, 0.15) is 69.6 Å². The van der Waals surface area contributed by atoms with Gasteiger partial charge in [0.05, 0.1) is 31.8 Å². The molecule has 1 unspecified atom stereocenters. The standard InChI is InChI=1S/C28H40N5O6P/c1-7-36-24-16-23(18-38-40(37-15-11-14-29)33(19(2)3)20(4)5)39-27(24)32-17-21(6)25(31-28(32)35)30-26(34)22-12-9-8-10-13-22/h8-10,12-13,17,19-20,23-24,27H,7,11,15-16,18H2,1-6H3,(H,30,31,34,35)/t23-,24+,27+,40?/m0/s1. The molecular formula is C28H40N5O6P. The second-order valence-corrected chi connectivity index (χ2v) is 11.5. The Morgan fingerprint density at radius 2 is 1.95 bits per heavy atom. The summed E-state index contributed by atoms with van der Waals surface area (Å²) in [4.78, 5) is 29.8. The average Bonchev–Trinajstić information content (AvgIpc) is 3.31. The molecule has 0 bridgehead atoms. The number of aryl methyl sites for hydroxylation is 1. The highest BCUT2D eigenvalue weighted by molar-refractivity contribution is 7.44. The van der Waals surface area contributed by atoms with Crippen LogP contribution in [0.4, 0.5) is 5.82 Å². The molecule has 11 nitrogen and oxygen atoms in total. The van der Waals surface area contributed by atoms with Gasteiger partial charge in [0, 0.05) is 42.4 Å². The summed E-state index contributed by atoms with van der Waals surface area (Å²) >= 11 is 0. The molecule has 1 saturated heterocycles. The molecule has 0 spiro atoms. The van der Waals surface area contributed by atoms with Crippen molar-refractivity contribution in [3.05, 3.63) is 58.1 Å². The van der Waals surface area contributed by atoms with Gasteiger partial charge in [0.25, 0.3) is 14.4 Å². The normalized spacial score (nSPS) is 19.8. The van der Waals surface area contributed by atoms with Crippen molar-refractivity contribution in [2.75, 3.05) is 25.1 Å². The molecule has 2 heterocycles. The first-order valence-corrected chi connectivity index (χ1v) is 14.7.